The minimum atomic E-state index is -4.21. The third-order valence-electron chi connectivity index (χ3n) is 8.09. The van der Waals surface area contributed by atoms with Gasteiger partial charge < -0.3 is 15.0 Å². The molecule has 248 valence electrons. The first-order chi connectivity index (χ1) is 22.1. The second kappa shape index (κ2) is 16.8. The van der Waals surface area contributed by atoms with Crippen LogP contribution in [-0.4, -0.2) is 56.6 Å². The van der Waals surface area contributed by atoms with Gasteiger partial charge in [-0.25, -0.2) is 8.42 Å². The SMILES string of the molecule is CCOc1ccc(N(CC(=O)N(Cc2c(Cl)cccc2Cl)[C@H](CC)C(=O)NC2CCCCC2)S(=O)(=O)c2ccc(SC)cc2)cc1. The topological polar surface area (TPSA) is 96.0 Å². The maximum absolute atomic E-state index is 14.4. The van der Waals surface area contributed by atoms with Crippen molar-refractivity contribution in [3.05, 3.63) is 82.3 Å². The monoisotopic (exact) mass is 705 g/mol. The third-order valence-corrected chi connectivity index (χ3v) is 11.3. The number of ether oxygens (including phenoxy) is 1. The summed E-state index contributed by atoms with van der Waals surface area (Å²) in [4.78, 5) is 30.5. The lowest BCUT2D eigenvalue weighted by atomic mass is 9.95. The van der Waals surface area contributed by atoms with E-state index in [2.05, 4.69) is 5.32 Å². The normalized spacial score (nSPS) is 14.4. The fraction of sp³-hybridized carbons (Fsp3) is 0.412. The number of hydrogen-bond acceptors (Lipinski definition) is 6. The number of carbonyl (C=O) groups is 2. The van der Waals surface area contributed by atoms with E-state index in [-0.39, 0.29) is 29.1 Å². The second-order valence-electron chi connectivity index (χ2n) is 11.1. The highest BCUT2D eigenvalue weighted by molar-refractivity contribution is 7.98. The molecule has 3 aromatic rings. The highest BCUT2D eigenvalue weighted by atomic mass is 35.5. The maximum atomic E-state index is 14.4. The van der Waals surface area contributed by atoms with Crippen LogP contribution in [0.4, 0.5) is 5.69 Å². The molecule has 1 saturated carbocycles. The molecule has 2 amide bonds. The number of rotatable bonds is 14. The Labute approximate surface area is 286 Å². The molecule has 8 nitrogen and oxygen atoms in total. The molecule has 46 heavy (non-hydrogen) atoms. The second-order valence-corrected chi connectivity index (χ2v) is 14.7. The lowest BCUT2D eigenvalue weighted by Crippen LogP contribution is -2.54. The molecule has 0 aliphatic heterocycles. The van der Waals surface area contributed by atoms with E-state index in [1.807, 2.05) is 20.1 Å². The van der Waals surface area contributed by atoms with Crippen molar-refractivity contribution in [2.45, 2.75) is 80.8 Å². The molecule has 0 bridgehead atoms. The first kappa shape index (κ1) is 35.9. The average Bonchev–Trinajstić information content (AvgIpc) is 3.05. The Balaban J connectivity index is 1.74. The zero-order chi connectivity index (χ0) is 33.3. The van der Waals surface area contributed by atoms with Gasteiger partial charge in [0.05, 0.1) is 17.2 Å². The first-order valence-electron chi connectivity index (χ1n) is 15.5. The van der Waals surface area contributed by atoms with Crippen LogP contribution in [0.5, 0.6) is 5.75 Å². The predicted octanol–water partition coefficient (Wildman–Crippen LogP) is 7.57. The molecule has 1 N–H and O–H groups in total. The number of carbonyl (C=O) groups excluding carboxylic acids is 2. The summed E-state index contributed by atoms with van der Waals surface area (Å²) in [5.41, 5.74) is 0.757. The van der Waals surface area contributed by atoms with E-state index in [1.54, 1.807) is 54.6 Å². The molecule has 0 saturated heterocycles. The smallest absolute Gasteiger partial charge is 0.264 e. The van der Waals surface area contributed by atoms with Crippen LogP contribution in [-0.2, 0) is 26.2 Å². The molecule has 3 aromatic carbocycles. The first-order valence-corrected chi connectivity index (χ1v) is 18.9. The molecule has 1 fully saturated rings. The van der Waals surface area contributed by atoms with Crippen molar-refractivity contribution in [1.29, 1.82) is 0 Å². The van der Waals surface area contributed by atoms with Crippen molar-refractivity contribution in [2.24, 2.45) is 0 Å². The van der Waals surface area contributed by atoms with E-state index in [0.29, 0.717) is 34.4 Å². The number of nitrogens with zero attached hydrogens (tertiary/aromatic N) is 2. The van der Waals surface area contributed by atoms with Gasteiger partial charge in [-0.2, -0.15) is 0 Å². The van der Waals surface area contributed by atoms with Crippen LogP contribution in [0, 0.1) is 0 Å². The fourth-order valence-electron chi connectivity index (χ4n) is 5.60. The Hall–Kier alpha value is -2.92. The third kappa shape index (κ3) is 8.91. The van der Waals surface area contributed by atoms with Gasteiger partial charge in [0.1, 0.15) is 18.3 Å². The Morgan fingerprint density at radius 3 is 2.15 bits per heavy atom. The van der Waals surface area contributed by atoms with Crippen molar-refractivity contribution < 1.29 is 22.7 Å². The molecule has 1 aliphatic rings. The molecule has 1 aliphatic carbocycles. The molecule has 1 atom stereocenters. The van der Waals surface area contributed by atoms with Gasteiger partial charge in [-0.1, -0.05) is 55.5 Å². The Kier molecular flexibility index (Phi) is 13.1. The number of nitrogens with one attached hydrogen (secondary N) is 1. The van der Waals surface area contributed by atoms with Crippen molar-refractivity contribution in [3.8, 4) is 5.75 Å². The number of thioether (sulfide) groups is 1. The summed E-state index contributed by atoms with van der Waals surface area (Å²) in [6.45, 7) is 3.50. The van der Waals surface area contributed by atoms with Crippen LogP contribution in [0.25, 0.3) is 0 Å². The molecule has 0 radical (unpaired) electrons. The van der Waals surface area contributed by atoms with Crippen molar-refractivity contribution in [2.75, 3.05) is 23.7 Å². The van der Waals surface area contributed by atoms with E-state index in [0.717, 1.165) is 41.3 Å². The molecule has 4 rings (SSSR count). The summed E-state index contributed by atoms with van der Waals surface area (Å²) < 4.78 is 35.0. The fourth-order valence-corrected chi connectivity index (χ4v) is 7.94. The molecular formula is C34H41Cl2N3O5S2. The standard InChI is InChI=1S/C34H41Cl2N3O5S2/c1-4-32(34(41)37-24-10-7-6-8-11-24)38(22-29-30(35)12-9-13-31(29)36)33(40)23-39(25-14-16-26(17-15-25)44-5-2)46(42,43)28-20-18-27(45-3)19-21-28/h9,12-21,24,32H,4-8,10-11,22-23H2,1-3H3,(H,37,41)/t32-/m1/s1. The number of halogens is 2. The van der Waals surface area contributed by atoms with Gasteiger partial charge in [0.15, 0.2) is 0 Å². The van der Waals surface area contributed by atoms with E-state index in [1.165, 1.54) is 28.8 Å². The summed E-state index contributed by atoms with van der Waals surface area (Å²) in [6, 6.07) is 17.2. The molecule has 12 heteroatoms. The minimum Gasteiger partial charge on any atom is -0.494 e. The van der Waals surface area contributed by atoms with E-state index < -0.39 is 28.5 Å². The van der Waals surface area contributed by atoms with Gasteiger partial charge >= 0.3 is 0 Å². The van der Waals surface area contributed by atoms with Crippen molar-refractivity contribution >= 4 is 62.5 Å². The zero-order valence-corrected chi connectivity index (χ0v) is 29.5. The molecule has 0 heterocycles. The van der Waals surface area contributed by atoms with Crippen LogP contribution in [0.3, 0.4) is 0 Å². The van der Waals surface area contributed by atoms with Crippen LogP contribution in [0.1, 0.15) is 57.9 Å². The van der Waals surface area contributed by atoms with Crippen LogP contribution in [0.2, 0.25) is 10.0 Å². The molecule has 0 spiro atoms. The predicted molar refractivity (Wildman–Crippen MR) is 186 cm³/mol. The minimum absolute atomic E-state index is 0.0288. The summed E-state index contributed by atoms with van der Waals surface area (Å²) in [6.07, 6.45) is 7.17. The van der Waals surface area contributed by atoms with Crippen LogP contribution in [0.15, 0.2) is 76.5 Å². The number of benzene rings is 3. The van der Waals surface area contributed by atoms with Gasteiger partial charge in [0.25, 0.3) is 10.0 Å². The van der Waals surface area contributed by atoms with Gasteiger partial charge in [-0.05, 0) is 93.1 Å². The van der Waals surface area contributed by atoms with E-state index in [4.69, 9.17) is 27.9 Å². The van der Waals surface area contributed by atoms with Crippen LogP contribution >= 0.6 is 35.0 Å². The van der Waals surface area contributed by atoms with Crippen LogP contribution < -0.4 is 14.4 Å². The maximum Gasteiger partial charge on any atom is 0.264 e. The Morgan fingerprint density at radius 2 is 1.59 bits per heavy atom. The largest absolute Gasteiger partial charge is 0.494 e. The Bertz CT molecular complexity index is 1560. The summed E-state index contributed by atoms with van der Waals surface area (Å²) in [5, 5.41) is 3.83. The van der Waals surface area contributed by atoms with E-state index in [9.17, 15) is 18.0 Å². The number of sulfonamides is 1. The lowest BCUT2D eigenvalue weighted by Gasteiger charge is -2.34. The molecule has 0 unspecified atom stereocenters. The van der Waals surface area contributed by atoms with Gasteiger partial charge in [-0.3, -0.25) is 13.9 Å². The quantitative estimate of drug-likeness (QED) is 0.174. The lowest BCUT2D eigenvalue weighted by molar-refractivity contribution is -0.140. The zero-order valence-electron chi connectivity index (χ0n) is 26.4. The van der Waals surface area contributed by atoms with Gasteiger partial charge in [0, 0.05) is 33.1 Å². The highest BCUT2D eigenvalue weighted by Gasteiger charge is 2.35. The summed E-state index contributed by atoms with van der Waals surface area (Å²) >= 11 is 14.6. The van der Waals surface area contributed by atoms with E-state index >= 15 is 0 Å². The Morgan fingerprint density at radius 1 is 0.957 bits per heavy atom. The average molecular weight is 707 g/mol. The number of hydrogen-bond donors (Lipinski definition) is 1. The molecular weight excluding hydrogens is 665 g/mol. The van der Waals surface area contributed by atoms with Gasteiger partial charge in [0.2, 0.25) is 11.8 Å². The van der Waals surface area contributed by atoms with Crippen molar-refractivity contribution in [1.82, 2.24) is 10.2 Å². The number of anilines is 1. The van der Waals surface area contributed by atoms with Gasteiger partial charge in [-0.15, -0.1) is 11.8 Å². The highest BCUT2D eigenvalue weighted by Crippen LogP contribution is 2.30. The summed E-state index contributed by atoms with van der Waals surface area (Å²) in [7, 11) is -4.21. The van der Waals surface area contributed by atoms with Crippen molar-refractivity contribution in [3.63, 3.8) is 0 Å². The summed E-state index contributed by atoms with van der Waals surface area (Å²) in [5.74, 6) is -0.284. The molecule has 0 aromatic heterocycles. The number of amides is 2.